The normalized spacial score (nSPS) is 12.9. The number of alkyl carbamates (subject to hydrolysis) is 1. The second-order valence-electron chi connectivity index (χ2n) is 6.88. The van der Waals surface area contributed by atoms with E-state index < -0.39 is 54.8 Å². The lowest BCUT2D eigenvalue weighted by Crippen LogP contribution is -2.54. The number of hydrogen-bond donors (Lipinski definition) is 3. The second-order valence-corrected chi connectivity index (χ2v) is 6.88. The van der Waals surface area contributed by atoms with Crippen LogP contribution in [0.25, 0.3) is 0 Å². The van der Waals surface area contributed by atoms with Crippen molar-refractivity contribution >= 4 is 18.0 Å². The molecule has 0 aliphatic carbocycles. The van der Waals surface area contributed by atoms with E-state index in [1.807, 2.05) is 0 Å². The summed E-state index contributed by atoms with van der Waals surface area (Å²) in [5.74, 6) is -2.00. The molecule has 0 spiro atoms. The minimum absolute atomic E-state index is 0.0918. The number of benzene rings is 2. The van der Waals surface area contributed by atoms with Gasteiger partial charge in [-0.2, -0.15) is 13.2 Å². The van der Waals surface area contributed by atoms with Gasteiger partial charge in [0.05, 0.1) is 19.3 Å². The van der Waals surface area contributed by atoms with Gasteiger partial charge in [-0.25, -0.2) is 9.59 Å². The topological polar surface area (TPSA) is 114 Å². The molecule has 3 N–H and O–H groups in total. The van der Waals surface area contributed by atoms with E-state index >= 15 is 0 Å². The molecule has 8 nitrogen and oxygen atoms in total. The predicted molar refractivity (Wildman–Crippen MR) is 110 cm³/mol. The highest BCUT2D eigenvalue weighted by Gasteiger charge is 2.35. The van der Waals surface area contributed by atoms with Crippen molar-refractivity contribution in [2.75, 3.05) is 13.7 Å². The Labute approximate surface area is 187 Å². The Morgan fingerprint density at radius 3 is 2.21 bits per heavy atom. The molecule has 2 atom stereocenters. The molecule has 0 fully saturated rings. The molecule has 0 saturated carbocycles. The molecule has 2 aromatic carbocycles. The highest BCUT2D eigenvalue weighted by Crippen LogP contribution is 2.32. The van der Waals surface area contributed by atoms with Crippen molar-refractivity contribution in [1.82, 2.24) is 10.6 Å². The van der Waals surface area contributed by atoms with Crippen LogP contribution in [0.1, 0.15) is 16.7 Å². The first-order valence-corrected chi connectivity index (χ1v) is 9.77. The molecular weight excluding hydrogens is 445 g/mol. The summed E-state index contributed by atoms with van der Waals surface area (Å²) >= 11 is 0. The molecule has 33 heavy (non-hydrogen) atoms. The summed E-state index contributed by atoms with van der Waals surface area (Å²) in [5.41, 5.74) is -0.516. The van der Waals surface area contributed by atoms with Gasteiger partial charge in [-0.15, -0.1) is 0 Å². The molecule has 0 saturated heterocycles. The summed E-state index contributed by atoms with van der Waals surface area (Å²) < 4.78 is 49.4. The lowest BCUT2D eigenvalue weighted by Gasteiger charge is -2.22. The van der Waals surface area contributed by atoms with Gasteiger partial charge in [0, 0.05) is 6.42 Å². The fraction of sp³-hybridized carbons (Fsp3) is 0.318. The first-order chi connectivity index (χ1) is 15.7. The van der Waals surface area contributed by atoms with Gasteiger partial charge in [-0.1, -0.05) is 48.5 Å². The number of amides is 2. The van der Waals surface area contributed by atoms with Crippen LogP contribution in [-0.4, -0.2) is 48.9 Å². The maximum absolute atomic E-state index is 13.3. The van der Waals surface area contributed by atoms with E-state index in [0.29, 0.717) is 5.56 Å². The van der Waals surface area contributed by atoms with Gasteiger partial charge in [-0.3, -0.25) is 4.79 Å². The van der Waals surface area contributed by atoms with E-state index in [2.05, 4.69) is 15.4 Å². The van der Waals surface area contributed by atoms with Crippen molar-refractivity contribution in [2.45, 2.75) is 31.3 Å². The zero-order valence-corrected chi connectivity index (χ0v) is 17.6. The molecule has 0 bridgehead atoms. The summed E-state index contributed by atoms with van der Waals surface area (Å²) in [6.07, 6.45) is -6.20. The minimum atomic E-state index is -4.67. The van der Waals surface area contributed by atoms with Crippen LogP contribution in [0.2, 0.25) is 0 Å². The highest BCUT2D eigenvalue weighted by atomic mass is 19.4. The third-order valence-electron chi connectivity index (χ3n) is 4.55. The van der Waals surface area contributed by atoms with E-state index in [4.69, 9.17) is 4.74 Å². The number of carbonyl (C=O) groups excluding carboxylic acids is 3. The SMILES string of the molecule is COC(=O)[C@H](Cc1ccccc1C(F)(F)F)NC(=O)[C@H](CO)NC(=O)OCc1ccccc1. The molecular formula is C22H23F3N2O6. The highest BCUT2D eigenvalue weighted by molar-refractivity contribution is 5.89. The van der Waals surface area contributed by atoms with E-state index in [1.54, 1.807) is 30.3 Å². The van der Waals surface area contributed by atoms with Crippen molar-refractivity contribution in [3.8, 4) is 0 Å². The van der Waals surface area contributed by atoms with Crippen molar-refractivity contribution in [3.63, 3.8) is 0 Å². The lowest BCUT2D eigenvalue weighted by molar-refractivity contribution is -0.146. The van der Waals surface area contributed by atoms with Crippen molar-refractivity contribution in [3.05, 3.63) is 71.3 Å². The first kappa shape index (κ1) is 25.7. The number of nitrogens with one attached hydrogen (secondary N) is 2. The number of aliphatic hydroxyl groups excluding tert-OH is 1. The van der Waals surface area contributed by atoms with Gasteiger partial charge < -0.3 is 25.2 Å². The van der Waals surface area contributed by atoms with E-state index in [-0.39, 0.29) is 12.2 Å². The molecule has 178 valence electrons. The van der Waals surface area contributed by atoms with Crippen LogP contribution in [0.5, 0.6) is 0 Å². The fourth-order valence-corrected chi connectivity index (χ4v) is 2.90. The Kier molecular flexibility index (Phi) is 9.22. The summed E-state index contributed by atoms with van der Waals surface area (Å²) in [4.78, 5) is 36.6. The third-order valence-corrected chi connectivity index (χ3v) is 4.55. The van der Waals surface area contributed by atoms with Gasteiger partial charge in [0.15, 0.2) is 0 Å². The Morgan fingerprint density at radius 2 is 1.61 bits per heavy atom. The van der Waals surface area contributed by atoms with Gasteiger partial charge >= 0.3 is 18.2 Å². The average molecular weight is 468 g/mol. The van der Waals surface area contributed by atoms with Gasteiger partial charge in [0.25, 0.3) is 0 Å². The number of aliphatic hydroxyl groups is 1. The van der Waals surface area contributed by atoms with Gasteiger partial charge in [-0.05, 0) is 17.2 Å². The van der Waals surface area contributed by atoms with Crippen LogP contribution in [0.3, 0.4) is 0 Å². The van der Waals surface area contributed by atoms with Crippen molar-refractivity contribution in [1.29, 1.82) is 0 Å². The summed E-state index contributed by atoms with van der Waals surface area (Å²) in [7, 11) is 1.01. The summed E-state index contributed by atoms with van der Waals surface area (Å²) in [6, 6.07) is 10.3. The van der Waals surface area contributed by atoms with Gasteiger partial charge in [0.1, 0.15) is 18.7 Å². The number of rotatable bonds is 9. The third kappa shape index (κ3) is 7.79. The molecule has 0 aliphatic heterocycles. The maximum Gasteiger partial charge on any atom is 0.416 e. The minimum Gasteiger partial charge on any atom is -0.467 e. The fourth-order valence-electron chi connectivity index (χ4n) is 2.90. The smallest absolute Gasteiger partial charge is 0.416 e. The number of esters is 1. The van der Waals surface area contributed by atoms with Crippen LogP contribution in [0.4, 0.5) is 18.0 Å². The van der Waals surface area contributed by atoms with Crippen LogP contribution in [0, 0.1) is 0 Å². The van der Waals surface area contributed by atoms with Crippen LogP contribution in [0.15, 0.2) is 54.6 Å². The Balaban J connectivity index is 2.06. The van der Waals surface area contributed by atoms with E-state index in [0.717, 1.165) is 13.2 Å². The molecule has 0 aromatic heterocycles. The number of carbonyl (C=O) groups is 3. The van der Waals surface area contributed by atoms with E-state index in [9.17, 15) is 32.7 Å². The predicted octanol–water partition coefficient (Wildman–Crippen LogP) is 2.19. The number of halogens is 3. The van der Waals surface area contributed by atoms with Crippen LogP contribution in [-0.2, 0) is 38.3 Å². The molecule has 11 heteroatoms. The molecule has 2 rings (SSSR count). The van der Waals surface area contributed by atoms with Crippen LogP contribution >= 0.6 is 0 Å². The monoisotopic (exact) mass is 468 g/mol. The average Bonchev–Trinajstić information content (AvgIpc) is 2.80. The zero-order valence-electron chi connectivity index (χ0n) is 17.6. The quantitative estimate of drug-likeness (QED) is 0.487. The standard InChI is InChI=1S/C22H23F3N2O6/c1-32-20(30)17(11-15-9-5-6-10-16(15)22(23,24)25)26-19(29)18(12-28)27-21(31)33-13-14-7-3-2-4-8-14/h2-10,17-18,28H,11-13H2,1H3,(H,26,29)(H,27,31)/t17-,18-/m0/s1. The van der Waals surface area contributed by atoms with Crippen LogP contribution < -0.4 is 10.6 Å². The maximum atomic E-state index is 13.3. The van der Waals surface area contributed by atoms with Crippen molar-refractivity contribution < 1.29 is 42.1 Å². The number of hydrogen-bond acceptors (Lipinski definition) is 6. The zero-order chi connectivity index (χ0) is 24.4. The summed E-state index contributed by atoms with van der Waals surface area (Å²) in [6.45, 7) is -0.940. The van der Waals surface area contributed by atoms with E-state index in [1.165, 1.54) is 18.2 Å². The number of methoxy groups -OCH3 is 1. The Morgan fingerprint density at radius 1 is 0.970 bits per heavy atom. The number of alkyl halides is 3. The second kappa shape index (κ2) is 11.9. The van der Waals surface area contributed by atoms with Crippen molar-refractivity contribution in [2.24, 2.45) is 0 Å². The molecule has 0 aliphatic rings. The molecule has 0 heterocycles. The largest absolute Gasteiger partial charge is 0.467 e. The molecule has 0 unspecified atom stereocenters. The molecule has 0 radical (unpaired) electrons. The first-order valence-electron chi connectivity index (χ1n) is 9.77. The Bertz CT molecular complexity index is 953. The summed E-state index contributed by atoms with van der Waals surface area (Å²) in [5, 5.41) is 13.8. The Hall–Kier alpha value is -3.60. The number of ether oxygens (including phenoxy) is 2. The van der Waals surface area contributed by atoms with Gasteiger partial charge in [0.2, 0.25) is 5.91 Å². The molecule has 2 aromatic rings. The lowest BCUT2D eigenvalue weighted by atomic mass is 9.99. The molecule has 2 amide bonds.